The molecular formula is C17H23N3. The van der Waals surface area contributed by atoms with Crippen molar-refractivity contribution in [2.75, 3.05) is 18.0 Å². The van der Waals surface area contributed by atoms with Gasteiger partial charge >= 0.3 is 0 Å². The molecular weight excluding hydrogens is 246 g/mol. The van der Waals surface area contributed by atoms with E-state index in [2.05, 4.69) is 59.4 Å². The maximum Gasteiger partial charge on any atom is 0.0642 e. The van der Waals surface area contributed by atoms with Crippen molar-refractivity contribution in [1.29, 1.82) is 0 Å². The highest BCUT2D eigenvalue weighted by atomic mass is 15.1. The van der Waals surface area contributed by atoms with E-state index < -0.39 is 0 Å². The van der Waals surface area contributed by atoms with Gasteiger partial charge in [-0.25, -0.2) is 0 Å². The summed E-state index contributed by atoms with van der Waals surface area (Å²) in [6.07, 6.45) is 4.97. The van der Waals surface area contributed by atoms with Crippen molar-refractivity contribution in [1.82, 2.24) is 10.3 Å². The monoisotopic (exact) mass is 269 g/mol. The van der Waals surface area contributed by atoms with Crippen LogP contribution in [0.15, 0.2) is 48.8 Å². The zero-order valence-corrected chi connectivity index (χ0v) is 12.3. The van der Waals surface area contributed by atoms with E-state index in [4.69, 9.17) is 0 Å². The molecule has 2 aromatic rings. The molecule has 0 aliphatic heterocycles. The van der Waals surface area contributed by atoms with E-state index in [1.165, 1.54) is 16.9 Å². The van der Waals surface area contributed by atoms with Gasteiger partial charge in [-0.15, -0.1) is 0 Å². The minimum Gasteiger partial charge on any atom is -0.340 e. The van der Waals surface area contributed by atoms with E-state index in [0.717, 1.165) is 26.1 Å². The third-order valence-electron chi connectivity index (χ3n) is 3.30. The normalized spacial score (nSPS) is 10.5. The minimum atomic E-state index is 0.884. The lowest BCUT2D eigenvalue weighted by molar-refractivity contribution is 0.674. The fourth-order valence-corrected chi connectivity index (χ4v) is 2.31. The maximum atomic E-state index is 4.30. The number of anilines is 2. The van der Waals surface area contributed by atoms with Crippen molar-refractivity contribution < 1.29 is 0 Å². The van der Waals surface area contributed by atoms with Crippen LogP contribution in [0.3, 0.4) is 0 Å². The predicted molar refractivity (Wildman–Crippen MR) is 85.4 cm³/mol. The van der Waals surface area contributed by atoms with E-state index >= 15 is 0 Å². The molecule has 0 aliphatic carbocycles. The molecule has 2 rings (SSSR count). The van der Waals surface area contributed by atoms with Gasteiger partial charge in [0.2, 0.25) is 0 Å². The predicted octanol–water partition coefficient (Wildman–Crippen LogP) is 3.74. The quantitative estimate of drug-likeness (QED) is 0.776. The average molecular weight is 269 g/mol. The van der Waals surface area contributed by atoms with Crippen LogP contribution in [0.2, 0.25) is 0 Å². The fraction of sp³-hybridized carbons (Fsp3) is 0.353. The van der Waals surface area contributed by atoms with E-state index in [1.807, 2.05) is 18.5 Å². The smallest absolute Gasteiger partial charge is 0.0642 e. The van der Waals surface area contributed by atoms with Gasteiger partial charge in [-0.3, -0.25) is 4.98 Å². The summed E-state index contributed by atoms with van der Waals surface area (Å²) in [5.41, 5.74) is 3.68. The van der Waals surface area contributed by atoms with Crippen molar-refractivity contribution in [2.45, 2.75) is 26.8 Å². The molecule has 0 fully saturated rings. The first-order valence-corrected chi connectivity index (χ1v) is 7.33. The van der Waals surface area contributed by atoms with Gasteiger partial charge in [0.05, 0.1) is 11.9 Å². The molecule has 1 aromatic heterocycles. The van der Waals surface area contributed by atoms with E-state index in [-0.39, 0.29) is 0 Å². The van der Waals surface area contributed by atoms with Crippen LogP contribution >= 0.6 is 0 Å². The third-order valence-corrected chi connectivity index (χ3v) is 3.30. The van der Waals surface area contributed by atoms with Gasteiger partial charge in [-0.1, -0.05) is 25.1 Å². The lowest BCUT2D eigenvalue weighted by Crippen LogP contribution is -2.21. The summed E-state index contributed by atoms with van der Waals surface area (Å²) in [5, 5.41) is 3.47. The van der Waals surface area contributed by atoms with Gasteiger partial charge in [-0.2, -0.15) is 0 Å². The van der Waals surface area contributed by atoms with Crippen molar-refractivity contribution in [3.05, 3.63) is 54.4 Å². The standard InChI is InChI=1S/C17H23N3/c1-3-11-18-13-15-10-12-19-14-17(15)20(4-2)16-8-6-5-7-9-16/h5-10,12,14,18H,3-4,11,13H2,1-2H3. The number of para-hydroxylation sites is 1. The molecule has 1 heterocycles. The van der Waals surface area contributed by atoms with Crippen LogP contribution in [-0.4, -0.2) is 18.1 Å². The topological polar surface area (TPSA) is 28.2 Å². The number of hydrogen-bond donors (Lipinski definition) is 1. The van der Waals surface area contributed by atoms with Gasteiger partial charge in [0.25, 0.3) is 0 Å². The molecule has 0 unspecified atom stereocenters. The van der Waals surface area contributed by atoms with Gasteiger partial charge in [0.15, 0.2) is 0 Å². The molecule has 20 heavy (non-hydrogen) atoms. The Morgan fingerprint density at radius 2 is 1.90 bits per heavy atom. The van der Waals surface area contributed by atoms with Crippen LogP contribution in [0.1, 0.15) is 25.8 Å². The van der Waals surface area contributed by atoms with E-state index in [0.29, 0.717) is 0 Å². The maximum absolute atomic E-state index is 4.30. The molecule has 3 nitrogen and oxygen atoms in total. The Labute approximate surface area is 121 Å². The Morgan fingerprint density at radius 1 is 1.10 bits per heavy atom. The summed E-state index contributed by atoms with van der Waals surface area (Å²) in [4.78, 5) is 6.60. The molecule has 0 atom stereocenters. The Morgan fingerprint density at radius 3 is 2.60 bits per heavy atom. The molecule has 0 radical (unpaired) electrons. The molecule has 0 bridgehead atoms. The Kier molecular flexibility index (Phi) is 5.56. The van der Waals surface area contributed by atoms with Gasteiger partial charge in [0, 0.05) is 25.0 Å². The van der Waals surface area contributed by atoms with Crippen LogP contribution in [0, 0.1) is 0 Å². The fourth-order valence-electron chi connectivity index (χ4n) is 2.31. The number of benzene rings is 1. The molecule has 0 aliphatic rings. The SMILES string of the molecule is CCCNCc1ccncc1N(CC)c1ccccc1. The van der Waals surface area contributed by atoms with Crippen LogP contribution in [0.4, 0.5) is 11.4 Å². The Bertz CT molecular complexity index is 511. The van der Waals surface area contributed by atoms with Gasteiger partial charge in [0.1, 0.15) is 0 Å². The number of hydrogen-bond acceptors (Lipinski definition) is 3. The molecule has 0 saturated heterocycles. The summed E-state index contributed by atoms with van der Waals surface area (Å²) >= 11 is 0. The molecule has 1 aromatic carbocycles. The first-order valence-electron chi connectivity index (χ1n) is 7.33. The van der Waals surface area contributed by atoms with E-state index in [1.54, 1.807) is 0 Å². The number of pyridine rings is 1. The summed E-state index contributed by atoms with van der Waals surface area (Å²) in [5.74, 6) is 0. The third kappa shape index (κ3) is 3.58. The van der Waals surface area contributed by atoms with Crippen LogP contribution in [0.25, 0.3) is 0 Å². The number of aromatic nitrogens is 1. The van der Waals surface area contributed by atoms with Crippen LogP contribution < -0.4 is 10.2 Å². The largest absolute Gasteiger partial charge is 0.340 e. The number of nitrogens with one attached hydrogen (secondary N) is 1. The summed E-state index contributed by atoms with van der Waals surface area (Å²) in [7, 11) is 0. The minimum absolute atomic E-state index is 0.884. The van der Waals surface area contributed by atoms with Crippen molar-refractivity contribution >= 4 is 11.4 Å². The molecule has 106 valence electrons. The Balaban J connectivity index is 2.25. The van der Waals surface area contributed by atoms with Crippen LogP contribution in [-0.2, 0) is 6.54 Å². The average Bonchev–Trinajstić information content (AvgIpc) is 2.51. The number of rotatable bonds is 7. The highest BCUT2D eigenvalue weighted by Crippen LogP contribution is 2.27. The first kappa shape index (κ1) is 14.5. The highest BCUT2D eigenvalue weighted by Gasteiger charge is 2.11. The van der Waals surface area contributed by atoms with Crippen molar-refractivity contribution in [2.24, 2.45) is 0 Å². The van der Waals surface area contributed by atoms with Crippen molar-refractivity contribution in [3.63, 3.8) is 0 Å². The molecule has 3 heteroatoms. The second kappa shape index (κ2) is 7.65. The molecule has 0 amide bonds. The van der Waals surface area contributed by atoms with Gasteiger partial charge in [-0.05, 0) is 43.7 Å². The summed E-state index contributed by atoms with van der Waals surface area (Å²) in [6, 6.07) is 12.6. The zero-order chi connectivity index (χ0) is 14.2. The molecule has 1 N–H and O–H groups in total. The zero-order valence-electron chi connectivity index (χ0n) is 12.3. The Hall–Kier alpha value is -1.87. The first-order chi connectivity index (χ1) is 9.86. The van der Waals surface area contributed by atoms with Crippen molar-refractivity contribution in [3.8, 4) is 0 Å². The van der Waals surface area contributed by atoms with Gasteiger partial charge < -0.3 is 10.2 Å². The lowest BCUT2D eigenvalue weighted by atomic mass is 10.1. The lowest BCUT2D eigenvalue weighted by Gasteiger charge is -2.25. The molecule has 0 spiro atoms. The second-order valence-electron chi connectivity index (χ2n) is 4.76. The molecule has 0 saturated carbocycles. The second-order valence-corrected chi connectivity index (χ2v) is 4.76. The van der Waals surface area contributed by atoms with Crippen LogP contribution in [0.5, 0.6) is 0 Å². The highest BCUT2D eigenvalue weighted by molar-refractivity contribution is 5.65. The summed E-state index contributed by atoms with van der Waals surface area (Å²) < 4.78 is 0. The number of nitrogens with zero attached hydrogens (tertiary/aromatic N) is 2. The van der Waals surface area contributed by atoms with E-state index in [9.17, 15) is 0 Å². The summed E-state index contributed by atoms with van der Waals surface area (Å²) in [6.45, 7) is 7.21.